The molecule has 2 aromatic rings. The van der Waals surface area contributed by atoms with E-state index in [1.165, 1.54) is 0 Å². The van der Waals surface area contributed by atoms with Crippen LogP contribution in [0.15, 0.2) is 34.9 Å². The van der Waals surface area contributed by atoms with Crippen LogP contribution in [0.5, 0.6) is 0 Å². The van der Waals surface area contributed by atoms with Crippen LogP contribution in [0.1, 0.15) is 5.56 Å². The predicted molar refractivity (Wildman–Crippen MR) is 60.8 cm³/mol. The summed E-state index contributed by atoms with van der Waals surface area (Å²) in [5.41, 5.74) is 1.58. The SMILES string of the molecule is O=C(O)Cc1cnc2ccc(Br)cc2c1. The molecule has 0 spiro atoms. The average molecular weight is 266 g/mol. The Morgan fingerprint density at radius 1 is 1.40 bits per heavy atom. The zero-order valence-corrected chi connectivity index (χ0v) is 9.36. The van der Waals surface area contributed by atoms with E-state index < -0.39 is 5.97 Å². The lowest BCUT2D eigenvalue weighted by Crippen LogP contribution is -2.00. The van der Waals surface area contributed by atoms with Gasteiger partial charge in [-0.05, 0) is 29.8 Å². The van der Waals surface area contributed by atoms with Gasteiger partial charge in [0.2, 0.25) is 0 Å². The lowest BCUT2D eigenvalue weighted by molar-refractivity contribution is -0.136. The van der Waals surface area contributed by atoms with Crippen molar-refractivity contribution in [3.63, 3.8) is 0 Å². The first-order valence-electron chi connectivity index (χ1n) is 4.41. The van der Waals surface area contributed by atoms with Crippen molar-refractivity contribution in [2.45, 2.75) is 6.42 Å². The maximum atomic E-state index is 10.5. The molecule has 0 radical (unpaired) electrons. The van der Waals surface area contributed by atoms with Gasteiger partial charge in [-0.2, -0.15) is 0 Å². The maximum absolute atomic E-state index is 10.5. The quantitative estimate of drug-likeness (QED) is 0.908. The topological polar surface area (TPSA) is 50.2 Å². The molecule has 1 aromatic heterocycles. The fraction of sp³-hybridized carbons (Fsp3) is 0.0909. The van der Waals surface area contributed by atoms with Gasteiger partial charge in [0.25, 0.3) is 0 Å². The summed E-state index contributed by atoms with van der Waals surface area (Å²) in [5.74, 6) is -0.842. The highest BCUT2D eigenvalue weighted by Gasteiger charge is 2.02. The number of halogens is 1. The van der Waals surface area contributed by atoms with Crippen molar-refractivity contribution in [2.75, 3.05) is 0 Å². The van der Waals surface area contributed by atoms with Crippen molar-refractivity contribution in [3.8, 4) is 0 Å². The third-order valence-corrected chi connectivity index (χ3v) is 2.55. The predicted octanol–water partition coefficient (Wildman–Crippen LogP) is 2.62. The lowest BCUT2D eigenvalue weighted by atomic mass is 10.1. The van der Waals surface area contributed by atoms with Gasteiger partial charge >= 0.3 is 5.97 Å². The van der Waals surface area contributed by atoms with Gasteiger partial charge < -0.3 is 5.11 Å². The molecule has 0 fully saturated rings. The molecule has 15 heavy (non-hydrogen) atoms. The Kier molecular flexibility index (Phi) is 2.68. The molecule has 3 nitrogen and oxygen atoms in total. The van der Waals surface area contributed by atoms with E-state index in [9.17, 15) is 4.79 Å². The zero-order valence-electron chi connectivity index (χ0n) is 7.77. The van der Waals surface area contributed by atoms with Crippen LogP contribution in [-0.2, 0) is 11.2 Å². The normalized spacial score (nSPS) is 10.5. The van der Waals surface area contributed by atoms with Crippen molar-refractivity contribution in [1.29, 1.82) is 0 Å². The minimum absolute atomic E-state index is 0.00938. The monoisotopic (exact) mass is 265 g/mol. The van der Waals surface area contributed by atoms with Crippen molar-refractivity contribution in [3.05, 3.63) is 40.5 Å². The van der Waals surface area contributed by atoms with Gasteiger partial charge in [0.15, 0.2) is 0 Å². The summed E-state index contributed by atoms with van der Waals surface area (Å²) < 4.78 is 0.962. The van der Waals surface area contributed by atoms with Gasteiger partial charge in [-0.3, -0.25) is 9.78 Å². The first-order valence-corrected chi connectivity index (χ1v) is 5.20. The number of hydrogen-bond acceptors (Lipinski definition) is 2. The molecule has 0 aliphatic rings. The van der Waals surface area contributed by atoms with E-state index in [0.29, 0.717) is 5.56 Å². The number of aromatic nitrogens is 1. The van der Waals surface area contributed by atoms with Gasteiger partial charge in [-0.25, -0.2) is 0 Å². The smallest absolute Gasteiger partial charge is 0.307 e. The highest BCUT2D eigenvalue weighted by molar-refractivity contribution is 9.10. The number of aliphatic carboxylic acids is 1. The molecular weight excluding hydrogens is 258 g/mol. The molecule has 0 amide bonds. The molecule has 0 saturated heterocycles. The van der Waals surface area contributed by atoms with Crippen LogP contribution < -0.4 is 0 Å². The zero-order chi connectivity index (χ0) is 10.8. The minimum atomic E-state index is -0.842. The largest absolute Gasteiger partial charge is 0.481 e. The highest BCUT2D eigenvalue weighted by Crippen LogP contribution is 2.19. The molecule has 76 valence electrons. The Hall–Kier alpha value is -1.42. The van der Waals surface area contributed by atoms with Gasteiger partial charge in [0.05, 0.1) is 11.9 Å². The summed E-state index contributed by atoms with van der Waals surface area (Å²) in [5, 5.41) is 9.60. The average Bonchev–Trinajstić information content (AvgIpc) is 2.16. The van der Waals surface area contributed by atoms with Gasteiger partial charge in [-0.1, -0.05) is 15.9 Å². The molecule has 0 aliphatic carbocycles. The first-order chi connectivity index (χ1) is 7.15. The fourth-order valence-electron chi connectivity index (χ4n) is 1.42. The number of carboxylic acid groups (broad SMARTS) is 1. The number of nitrogens with zero attached hydrogens (tertiary/aromatic N) is 1. The number of fused-ring (bicyclic) bond motifs is 1. The summed E-state index contributed by atoms with van der Waals surface area (Å²) in [6, 6.07) is 7.57. The molecule has 1 heterocycles. The number of carboxylic acids is 1. The Balaban J connectivity index is 2.49. The Labute approximate surface area is 94.9 Å². The van der Waals surface area contributed by atoms with E-state index in [4.69, 9.17) is 5.11 Å². The molecule has 0 saturated carbocycles. The molecular formula is C11H8BrNO2. The second-order valence-electron chi connectivity index (χ2n) is 3.25. The Morgan fingerprint density at radius 3 is 2.93 bits per heavy atom. The lowest BCUT2D eigenvalue weighted by Gasteiger charge is -2.01. The summed E-state index contributed by atoms with van der Waals surface area (Å²) in [4.78, 5) is 14.7. The molecule has 1 aromatic carbocycles. The number of rotatable bonds is 2. The second kappa shape index (κ2) is 3.98. The number of carbonyl (C=O) groups is 1. The van der Waals surface area contributed by atoms with Crippen molar-refractivity contribution in [1.82, 2.24) is 4.98 Å². The third kappa shape index (κ3) is 2.33. The van der Waals surface area contributed by atoms with Gasteiger partial charge in [0, 0.05) is 16.1 Å². The van der Waals surface area contributed by atoms with Crippen molar-refractivity contribution < 1.29 is 9.90 Å². The van der Waals surface area contributed by atoms with E-state index in [0.717, 1.165) is 15.4 Å². The van der Waals surface area contributed by atoms with Crippen LogP contribution in [0, 0.1) is 0 Å². The van der Waals surface area contributed by atoms with E-state index in [2.05, 4.69) is 20.9 Å². The summed E-state index contributed by atoms with van der Waals surface area (Å²) in [7, 11) is 0. The summed E-state index contributed by atoms with van der Waals surface area (Å²) in [6.07, 6.45) is 1.61. The van der Waals surface area contributed by atoms with E-state index in [1.807, 2.05) is 24.3 Å². The molecule has 0 unspecified atom stereocenters. The minimum Gasteiger partial charge on any atom is -0.481 e. The summed E-state index contributed by atoms with van der Waals surface area (Å²) >= 11 is 3.36. The van der Waals surface area contributed by atoms with E-state index >= 15 is 0 Å². The second-order valence-corrected chi connectivity index (χ2v) is 4.17. The number of hydrogen-bond donors (Lipinski definition) is 1. The maximum Gasteiger partial charge on any atom is 0.307 e. The fourth-order valence-corrected chi connectivity index (χ4v) is 1.80. The molecule has 0 atom stereocenters. The van der Waals surface area contributed by atoms with Crippen LogP contribution in [-0.4, -0.2) is 16.1 Å². The molecule has 0 aliphatic heterocycles. The molecule has 0 bridgehead atoms. The Bertz CT molecular complexity index is 525. The van der Waals surface area contributed by atoms with E-state index in [1.54, 1.807) is 6.20 Å². The van der Waals surface area contributed by atoms with Crippen LogP contribution in [0.2, 0.25) is 0 Å². The summed E-state index contributed by atoms with van der Waals surface area (Å²) in [6.45, 7) is 0. The van der Waals surface area contributed by atoms with E-state index in [-0.39, 0.29) is 6.42 Å². The van der Waals surface area contributed by atoms with Crippen LogP contribution >= 0.6 is 15.9 Å². The third-order valence-electron chi connectivity index (χ3n) is 2.06. The Morgan fingerprint density at radius 2 is 2.20 bits per heavy atom. The van der Waals surface area contributed by atoms with Gasteiger partial charge in [0.1, 0.15) is 0 Å². The van der Waals surface area contributed by atoms with Crippen LogP contribution in [0.4, 0.5) is 0 Å². The first kappa shape index (κ1) is 10.1. The van der Waals surface area contributed by atoms with Crippen molar-refractivity contribution >= 4 is 32.8 Å². The van der Waals surface area contributed by atoms with Crippen LogP contribution in [0.25, 0.3) is 10.9 Å². The highest BCUT2D eigenvalue weighted by atomic mass is 79.9. The molecule has 1 N–H and O–H groups in total. The van der Waals surface area contributed by atoms with Crippen LogP contribution in [0.3, 0.4) is 0 Å². The number of pyridine rings is 1. The number of benzene rings is 1. The molecule has 4 heteroatoms. The van der Waals surface area contributed by atoms with Gasteiger partial charge in [-0.15, -0.1) is 0 Å². The standard InChI is InChI=1S/C11H8BrNO2/c12-9-1-2-10-8(5-9)3-7(6-13-10)4-11(14)15/h1-3,5-6H,4H2,(H,14,15). The van der Waals surface area contributed by atoms with Crippen molar-refractivity contribution in [2.24, 2.45) is 0 Å². The molecule has 2 rings (SSSR count).